The summed E-state index contributed by atoms with van der Waals surface area (Å²) in [6.45, 7) is 6.71. The van der Waals surface area contributed by atoms with Crippen LogP contribution in [0.25, 0.3) is 0 Å². The fourth-order valence-corrected chi connectivity index (χ4v) is 2.91. The van der Waals surface area contributed by atoms with E-state index < -0.39 is 0 Å². The molecule has 0 spiro atoms. The van der Waals surface area contributed by atoms with Crippen molar-refractivity contribution < 1.29 is 0 Å². The molecule has 2 heteroatoms. The normalized spacial score (nSPS) is 13.2. The van der Waals surface area contributed by atoms with Crippen LogP contribution in [0.15, 0.2) is 53.0 Å². The molecule has 0 fully saturated rings. The van der Waals surface area contributed by atoms with Crippen molar-refractivity contribution in [2.45, 2.75) is 45.1 Å². The van der Waals surface area contributed by atoms with Crippen LogP contribution in [0.3, 0.4) is 0 Å². The van der Waals surface area contributed by atoms with E-state index in [1.165, 1.54) is 16.7 Å². The molecule has 0 heterocycles. The Hall–Kier alpha value is -1.12. The summed E-state index contributed by atoms with van der Waals surface area (Å²) in [5.74, 6) is 0. The van der Waals surface area contributed by atoms with E-state index in [9.17, 15) is 0 Å². The van der Waals surface area contributed by atoms with Gasteiger partial charge in [0.25, 0.3) is 0 Å². The van der Waals surface area contributed by atoms with Crippen LogP contribution in [0.5, 0.6) is 0 Å². The lowest BCUT2D eigenvalue weighted by atomic mass is 9.86. The Kier molecular flexibility index (Phi) is 5.23. The van der Waals surface area contributed by atoms with Gasteiger partial charge in [-0.1, -0.05) is 79.2 Å². The van der Waals surface area contributed by atoms with E-state index in [-0.39, 0.29) is 11.5 Å². The topological polar surface area (TPSA) is 26.0 Å². The molecule has 0 aliphatic heterocycles. The van der Waals surface area contributed by atoms with Gasteiger partial charge in [0, 0.05) is 10.5 Å². The highest BCUT2D eigenvalue weighted by Gasteiger charge is 2.13. The van der Waals surface area contributed by atoms with Crippen molar-refractivity contribution in [2.75, 3.05) is 0 Å². The van der Waals surface area contributed by atoms with E-state index in [4.69, 9.17) is 5.73 Å². The van der Waals surface area contributed by atoms with Gasteiger partial charge in [0.15, 0.2) is 0 Å². The highest BCUT2D eigenvalue weighted by atomic mass is 79.9. The van der Waals surface area contributed by atoms with Crippen LogP contribution in [0.4, 0.5) is 0 Å². The quantitative estimate of drug-likeness (QED) is 0.841. The molecule has 21 heavy (non-hydrogen) atoms. The van der Waals surface area contributed by atoms with E-state index in [1.807, 2.05) is 6.07 Å². The first-order valence-electron chi connectivity index (χ1n) is 7.44. The monoisotopic (exact) mass is 345 g/mol. The first kappa shape index (κ1) is 16.3. The minimum atomic E-state index is 0.143. The highest BCUT2D eigenvalue weighted by molar-refractivity contribution is 9.10. The Morgan fingerprint density at radius 3 is 2.14 bits per heavy atom. The Balaban J connectivity index is 2.00. The maximum atomic E-state index is 6.31. The molecule has 0 aromatic heterocycles. The van der Waals surface area contributed by atoms with Crippen molar-refractivity contribution in [3.8, 4) is 0 Å². The van der Waals surface area contributed by atoms with Gasteiger partial charge >= 0.3 is 0 Å². The van der Waals surface area contributed by atoms with Crippen molar-refractivity contribution in [3.05, 3.63) is 69.7 Å². The van der Waals surface area contributed by atoms with Gasteiger partial charge < -0.3 is 5.73 Å². The van der Waals surface area contributed by atoms with Crippen LogP contribution in [0.2, 0.25) is 0 Å². The van der Waals surface area contributed by atoms with Gasteiger partial charge in [-0.25, -0.2) is 0 Å². The van der Waals surface area contributed by atoms with Crippen molar-refractivity contribution >= 4 is 15.9 Å². The summed E-state index contributed by atoms with van der Waals surface area (Å²) in [6.07, 6.45) is 1.80. The summed E-state index contributed by atoms with van der Waals surface area (Å²) < 4.78 is 1.14. The highest BCUT2D eigenvalue weighted by Crippen LogP contribution is 2.23. The maximum absolute atomic E-state index is 6.31. The Morgan fingerprint density at radius 1 is 0.952 bits per heavy atom. The lowest BCUT2D eigenvalue weighted by molar-refractivity contribution is 0.589. The molecule has 0 amide bonds. The summed E-state index contributed by atoms with van der Waals surface area (Å²) in [7, 11) is 0. The number of halogens is 1. The molecule has 112 valence electrons. The Morgan fingerprint density at radius 2 is 1.57 bits per heavy atom. The van der Waals surface area contributed by atoms with Crippen LogP contribution in [-0.4, -0.2) is 6.04 Å². The molecule has 0 bridgehead atoms. The molecule has 2 N–H and O–H groups in total. The smallest absolute Gasteiger partial charge is 0.0207 e. The predicted molar refractivity (Wildman–Crippen MR) is 94.7 cm³/mol. The molecule has 2 rings (SSSR count). The standard InChI is InChI=1S/C19H24BrN/c1-19(2,3)16-10-8-14(9-11-16)12-17(21)13-15-6-4-5-7-18(15)20/h4-11,17H,12-13,21H2,1-3H3. The van der Waals surface area contributed by atoms with Crippen molar-refractivity contribution in [3.63, 3.8) is 0 Å². The first-order valence-corrected chi connectivity index (χ1v) is 8.24. The third kappa shape index (κ3) is 4.69. The van der Waals surface area contributed by atoms with Crippen LogP contribution in [0, 0.1) is 0 Å². The molecule has 0 aliphatic rings. The van der Waals surface area contributed by atoms with Crippen LogP contribution < -0.4 is 5.73 Å². The third-order valence-electron chi connectivity index (χ3n) is 3.76. The molecule has 0 saturated heterocycles. The third-order valence-corrected chi connectivity index (χ3v) is 4.53. The molecular weight excluding hydrogens is 322 g/mol. The SMILES string of the molecule is CC(C)(C)c1ccc(CC(N)Cc2ccccc2Br)cc1. The zero-order valence-corrected chi connectivity index (χ0v) is 14.7. The molecular formula is C19H24BrN. The van der Waals surface area contributed by atoms with Gasteiger partial charge in [0.05, 0.1) is 0 Å². The van der Waals surface area contributed by atoms with Crippen molar-refractivity contribution in [1.29, 1.82) is 0 Å². The zero-order chi connectivity index (χ0) is 15.5. The van der Waals surface area contributed by atoms with Crippen molar-refractivity contribution in [2.24, 2.45) is 5.73 Å². The minimum absolute atomic E-state index is 0.143. The largest absolute Gasteiger partial charge is 0.327 e. The van der Waals surface area contributed by atoms with E-state index in [2.05, 4.69) is 79.2 Å². The second kappa shape index (κ2) is 6.76. The van der Waals surface area contributed by atoms with E-state index in [1.54, 1.807) is 0 Å². The first-order chi connectivity index (χ1) is 9.86. The van der Waals surface area contributed by atoms with Gasteiger partial charge in [-0.2, -0.15) is 0 Å². The lowest BCUT2D eigenvalue weighted by Gasteiger charge is -2.19. The molecule has 0 aliphatic carbocycles. The van der Waals surface area contributed by atoms with Gasteiger partial charge in [-0.05, 0) is 41.0 Å². The van der Waals surface area contributed by atoms with E-state index in [0.717, 1.165) is 17.3 Å². The summed E-state index contributed by atoms with van der Waals surface area (Å²) in [5, 5.41) is 0. The van der Waals surface area contributed by atoms with Crippen LogP contribution >= 0.6 is 15.9 Å². The van der Waals surface area contributed by atoms with E-state index in [0.29, 0.717) is 0 Å². The summed E-state index contributed by atoms with van der Waals surface area (Å²) in [6, 6.07) is 17.3. The number of rotatable bonds is 4. The minimum Gasteiger partial charge on any atom is -0.327 e. The van der Waals surface area contributed by atoms with Crippen molar-refractivity contribution in [1.82, 2.24) is 0 Å². The van der Waals surface area contributed by atoms with Gasteiger partial charge in [0.2, 0.25) is 0 Å². The van der Waals surface area contributed by atoms with Gasteiger partial charge in [0.1, 0.15) is 0 Å². The fourth-order valence-electron chi connectivity index (χ4n) is 2.46. The average Bonchev–Trinajstić information content (AvgIpc) is 2.41. The number of hydrogen-bond donors (Lipinski definition) is 1. The number of benzene rings is 2. The Bertz CT molecular complexity index is 581. The molecule has 2 aromatic carbocycles. The summed E-state index contributed by atoms with van der Waals surface area (Å²) in [5.41, 5.74) is 10.5. The maximum Gasteiger partial charge on any atom is 0.0207 e. The molecule has 1 atom stereocenters. The molecule has 0 radical (unpaired) electrons. The second-order valence-corrected chi connectivity index (χ2v) is 7.56. The number of hydrogen-bond acceptors (Lipinski definition) is 1. The summed E-state index contributed by atoms with van der Waals surface area (Å²) in [4.78, 5) is 0. The van der Waals surface area contributed by atoms with Crippen LogP contribution in [-0.2, 0) is 18.3 Å². The molecule has 2 aromatic rings. The van der Waals surface area contributed by atoms with E-state index >= 15 is 0 Å². The molecule has 0 saturated carbocycles. The van der Waals surface area contributed by atoms with Gasteiger partial charge in [-0.15, -0.1) is 0 Å². The zero-order valence-electron chi connectivity index (χ0n) is 13.1. The fraction of sp³-hybridized carbons (Fsp3) is 0.368. The van der Waals surface area contributed by atoms with Gasteiger partial charge in [-0.3, -0.25) is 0 Å². The lowest BCUT2D eigenvalue weighted by Crippen LogP contribution is -2.25. The molecule has 1 nitrogen and oxygen atoms in total. The van der Waals surface area contributed by atoms with Crippen LogP contribution in [0.1, 0.15) is 37.5 Å². The Labute approximate surface area is 136 Å². The second-order valence-electron chi connectivity index (χ2n) is 6.71. The average molecular weight is 346 g/mol. The summed E-state index contributed by atoms with van der Waals surface area (Å²) >= 11 is 3.59. The molecule has 1 unspecified atom stereocenters. The predicted octanol–water partition coefficient (Wildman–Crippen LogP) is 4.86. The number of nitrogens with two attached hydrogens (primary N) is 1.